The monoisotopic (exact) mass is 499 g/mol. The molecule has 1 aromatic carbocycles. The fraction of sp³-hybridized carbons (Fsp3) is 0.389. The smallest absolute Gasteiger partial charge is 0.328 e. The zero-order valence-corrected chi connectivity index (χ0v) is 18.9. The van der Waals surface area contributed by atoms with Gasteiger partial charge in [-0.3, -0.25) is 9.09 Å². The summed E-state index contributed by atoms with van der Waals surface area (Å²) in [6, 6.07) is 7.21. The summed E-state index contributed by atoms with van der Waals surface area (Å²) in [5.74, 6) is 0.198. The first kappa shape index (κ1) is 22.1. The maximum atomic E-state index is 10.6. The van der Waals surface area contributed by atoms with Crippen LogP contribution in [0.3, 0.4) is 0 Å². The molecule has 0 bridgehead atoms. The molecule has 0 saturated carbocycles. The molecule has 3 aromatic rings. The maximum Gasteiger partial charge on any atom is 0.328 e. The number of benzene rings is 1. The predicted octanol–water partition coefficient (Wildman–Crippen LogP) is 1.71. The molecule has 14 heteroatoms. The van der Waals surface area contributed by atoms with E-state index >= 15 is 0 Å². The van der Waals surface area contributed by atoms with E-state index in [4.69, 9.17) is 47.4 Å². The summed E-state index contributed by atoms with van der Waals surface area (Å²) in [5, 5.41) is 21.6. The van der Waals surface area contributed by atoms with Crippen molar-refractivity contribution in [3.8, 4) is 0 Å². The highest BCUT2D eigenvalue weighted by Gasteiger charge is 2.46. The molecule has 0 aliphatic carbocycles. The van der Waals surface area contributed by atoms with Crippen LogP contribution in [0.5, 0.6) is 0 Å². The number of halogens is 1. The van der Waals surface area contributed by atoms with E-state index in [9.17, 15) is 10.2 Å². The lowest BCUT2D eigenvalue weighted by Gasteiger charge is -2.19. The van der Waals surface area contributed by atoms with E-state index in [0.29, 0.717) is 16.2 Å². The van der Waals surface area contributed by atoms with Crippen molar-refractivity contribution in [1.82, 2.24) is 19.5 Å². The van der Waals surface area contributed by atoms with Crippen LogP contribution in [0, 0.1) is 0 Å². The van der Waals surface area contributed by atoms with Gasteiger partial charge in [-0.2, -0.15) is 0 Å². The quantitative estimate of drug-likeness (QED) is 0.441. The number of aromatic nitrogens is 4. The minimum absolute atomic E-state index is 0.141. The highest BCUT2D eigenvalue weighted by molar-refractivity contribution is 8.07. The third-order valence-electron chi connectivity index (χ3n) is 5.26. The Balaban J connectivity index is 1.26. The van der Waals surface area contributed by atoms with Crippen molar-refractivity contribution in [2.45, 2.75) is 30.6 Å². The maximum absolute atomic E-state index is 10.6. The van der Waals surface area contributed by atoms with Crippen molar-refractivity contribution in [3.63, 3.8) is 0 Å². The number of rotatable bonds is 5. The van der Waals surface area contributed by atoms with Gasteiger partial charge in [-0.25, -0.2) is 15.0 Å². The number of nitrogens with zero attached hydrogens (tertiary/aromatic N) is 4. The van der Waals surface area contributed by atoms with Crippen molar-refractivity contribution in [2.75, 3.05) is 18.9 Å². The molecule has 0 amide bonds. The lowest BCUT2D eigenvalue weighted by atomic mass is 10.1. The van der Waals surface area contributed by atoms with E-state index < -0.39 is 37.4 Å². The van der Waals surface area contributed by atoms with Gasteiger partial charge in [-0.05, 0) is 29.5 Å². The lowest BCUT2D eigenvalue weighted by Crippen LogP contribution is -2.33. The van der Waals surface area contributed by atoms with Gasteiger partial charge in [-0.1, -0.05) is 23.7 Å². The summed E-state index contributed by atoms with van der Waals surface area (Å²) in [7, 11) is 0. The number of nitrogen functional groups attached to an aromatic ring is 1. The number of imidazole rings is 1. The van der Waals surface area contributed by atoms with E-state index in [0.717, 1.165) is 5.56 Å². The number of fused-ring (bicyclic) bond motifs is 1. The Kier molecular flexibility index (Phi) is 5.91. The number of aliphatic hydroxyl groups is 2. The summed E-state index contributed by atoms with van der Waals surface area (Å²) < 4.78 is 24.6. The molecule has 6 atom stereocenters. The first-order valence-electron chi connectivity index (χ1n) is 9.62. The number of anilines is 1. The van der Waals surface area contributed by atoms with Crippen LogP contribution in [0.4, 0.5) is 5.82 Å². The highest BCUT2D eigenvalue weighted by Crippen LogP contribution is 2.59. The fourth-order valence-corrected chi connectivity index (χ4v) is 5.84. The molecule has 2 saturated heterocycles. The Morgan fingerprint density at radius 1 is 1.28 bits per heavy atom. The van der Waals surface area contributed by atoms with Crippen LogP contribution in [-0.4, -0.2) is 61.3 Å². The van der Waals surface area contributed by atoms with Crippen LogP contribution < -0.4 is 5.73 Å². The van der Waals surface area contributed by atoms with E-state index in [1.165, 1.54) is 17.2 Å². The average Bonchev–Trinajstić information content (AvgIpc) is 3.45. The van der Waals surface area contributed by atoms with Crippen molar-refractivity contribution in [1.29, 1.82) is 0 Å². The first-order chi connectivity index (χ1) is 15.3. The normalized spacial score (nSPS) is 32.7. The predicted molar refractivity (Wildman–Crippen MR) is 117 cm³/mol. The van der Waals surface area contributed by atoms with Crippen LogP contribution >= 0.6 is 18.3 Å². The first-order valence-corrected chi connectivity index (χ1v) is 12.6. The number of hydrogen-bond acceptors (Lipinski definition) is 11. The van der Waals surface area contributed by atoms with E-state index in [1.807, 2.05) is 12.1 Å². The minimum Gasteiger partial charge on any atom is -0.387 e. The second-order valence-electron chi connectivity index (χ2n) is 7.32. The van der Waals surface area contributed by atoms with Crippen LogP contribution in [0.2, 0.25) is 5.02 Å². The number of ether oxygens (including phenoxy) is 1. The molecule has 0 spiro atoms. The summed E-state index contributed by atoms with van der Waals surface area (Å²) in [6.07, 6.45) is -2.06. The number of nitrogens with two attached hydrogens (primary N) is 1. The zero-order valence-electron chi connectivity index (χ0n) is 16.4. The Labute approximate surface area is 192 Å². The molecular weight excluding hydrogens is 481 g/mol. The van der Waals surface area contributed by atoms with Crippen molar-refractivity contribution in [2.24, 2.45) is 0 Å². The van der Waals surface area contributed by atoms with Gasteiger partial charge in [0.25, 0.3) is 0 Å². The second-order valence-corrected chi connectivity index (χ2v) is 10.7. The molecule has 0 unspecified atom stereocenters. The van der Waals surface area contributed by atoms with Gasteiger partial charge in [0.2, 0.25) is 0 Å². The summed E-state index contributed by atoms with van der Waals surface area (Å²) in [4.78, 5) is 12.2. The van der Waals surface area contributed by atoms with Crippen LogP contribution in [0.1, 0.15) is 17.9 Å². The average molecular weight is 500 g/mol. The van der Waals surface area contributed by atoms with Crippen LogP contribution in [0.25, 0.3) is 11.2 Å². The molecule has 32 heavy (non-hydrogen) atoms. The number of hydrogen-bond donors (Lipinski definition) is 3. The highest BCUT2D eigenvalue weighted by atomic mass is 35.5. The van der Waals surface area contributed by atoms with Gasteiger partial charge < -0.3 is 29.7 Å². The Bertz CT molecular complexity index is 1200. The van der Waals surface area contributed by atoms with Gasteiger partial charge in [0.15, 0.2) is 17.7 Å². The van der Waals surface area contributed by atoms with Crippen LogP contribution in [-0.2, 0) is 30.1 Å². The Morgan fingerprint density at radius 2 is 2.12 bits per heavy atom. The largest absolute Gasteiger partial charge is 0.387 e. The molecule has 2 aliphatic heterocycles. The van der Waals surface area contributed by atoms with Gasteiger partial charge in [0.05, 0.1) is 19.5 Å². The van der Waals surface area contributed by atoms with E-state index in [-0.39, 0.29) is 19.0 Å². The van der Waals surface area contributed by atoms with Gasteiger partial charge in [0.1, 0.15) is 36.3 Å². The SMILES string of the molecule is Nc1ncnc2c1ncn2[C@@H]1O[C@H](CO[P@@]2(=S)OC[C@@H](c3cccc(Cl)c3)O2)[C@@H](O)[C@H]1O. The van der Waals surface area contributed by atoms with Crippen molar-refractivity contribution in [3.05, 3.63) is 47.5 Å². The van der Waals surface area contributed by atoms with Crippen LogP contribution in [0.15, 0.2) is 36.9 Å². The topological polar surface area (TPSA) is 147 Å². The van der Waals surface area contributed by atoms with Gasteiger partial charge in [-0.15, -0.1) is 0 Å². The minimum atomic E-state index is -3.07. The molecule has 0 radical (unpaired) electrons. The third kappa shape index (κ3) is 4.03. The number of aliphatic hydroxyl groups excluding tert-OH is 2. The lowest BCUT2D eigenvalue weighted by molar-refractivity contribution is -0.0488. The standard InChI is InChI=1S/C18H19ClN5O6PS/c19-10-3-1-2-9(4-10)11-5-27-31(32,30-11)28-6-12-14(25)15(26)18(29-12)24-8-23-13-16(20)21-7-22-17(13)24/h1-4,7-8,11-12,14-15,18,25-26H,5-6H2,(H2,20,21,22)/t11-,12+,14+,15+,18+,31-/m0/s1. The fourth-order valence-electron chi connectivity index (χ4n) is 3.63. The Morgan fingerprint density at radius 3 is 2.94 bits per heavy atom. The molecular formula is C18H19ClN5O6PS. The van der Waals surface area contributed by atoms with E-state index in [2.05, 4.69) is 15.0 Å². The van der Waals surface area contributed by atoms with Gasteiger partial charge >= 0.3 is 6.72 Å². The zero-order chi connectivity index (χ0) is 22.5. The summed E-state index contributed by atoms with van der Waals surface area (Å²) >= 11 is 11.5. The summed E-state index contributed by atoms with van der Waals surface area (Å²) in [6.45, 7) is -2.99. The summed E-state index contributed by atoms with van der Waals surface area (Å²) in [5.41, 5.74) is 7.37. The molecule has 2 aromatic heterocycles. The van der Waals surface area contributed by atoms with Crippen molar-refractivity contribution >= 4 is 47.1 Å². The second kappa shape index (κ2) is 8.56. The molecule has 170 valence electrons. The molecule has 2 aliphatic rings. The molecule has 4 heterocycles. The molecule has 2 fully saturated rings. The molecule has 4 N–H and O–H groups in total. The molecule has 5 rings (SSSR count). The van der Waals surface area contributed by atoms with Crippen molar-refractivity contribution < 1.29 is 28.5 Å². The van der Waals surface area contributed by atoms with E-state index in [1.54, 1.807) is 12.1 Å². The third-order valence-corrected chi connectivity index (χ3v) is 7.83. The Hall–Kier alpha value is -1.73. The molecule has 11 nitrogen and oxygen atoms in total. The van der Waals surface area contributed by atoms with Gasteiger partial charge in [0, 0.05) is 5.02 Å².